The van der Waals surface area contributed by atoms with Gasteiger partial charge in [-0.1, -0.05) is 19.4 Å². The Morgan fingerprint density at radius 2 is 2.31 bits per heavy atom. The van der Waals surface area contributed by atoms with Crippen molar-refractivity contribution < 1.29 is 9.90 Å². The summed E-state index contributed by atoms with van der Waals surface area (Å²) in [7, 11) is 0. The van der Waals surface area contributed by atoms with E-state index in [-0.39, 0.29) is 5.91 Å². The van der Waals surface area contributed by atoms with Crippen molar-refractivity contribution in [2.24, 2.45) is 10.9 Å². The van der Waals surface area contributed by atoms with Gasteiger partial charge >= 0.3 is 0 Å². The van der Waals surface area contributed by atoms with Crippen LogP contribution < -0.4 is 5.32 Å². The third-order valence-corrected chi connectivity index (χ3v) is 2.03. The van der Waals surface area contributed by atoms with Gasteiger partial charge in [0.15, 0.2) is 0 Å². The first-order valence-corrected chi connectivity index (χ1v) is 4.25. The van der Waals surface area contributed by atoms with Crippen LogP contribution in [0.25, 0.3) is 0 Å². The smallest absolute Gasteiger partial charge is 0.273 e. The van der Waals surface area contributed by atoms with Crippen LogP contribution in [0, 0.1) is 5.92 Å². The number of aliphatic hydroxyl groups excluding tert-OH is 1. The van der Waals surface area contributed by atoms with E-state index in [1.54, 1.807) is 6.08 Å². The van der Waals surface area contributed by atoms with E-state index >= 15 is 0 Å². The number of aliphatic hydroxyl groups is 1. The van der Waals surface area contributed by atoms with Crippen LogP contribution in [0.1, 0.15) is 20.8 Å². The predicted octanol–water partition coefficient (Wildman–Crippen LogP) is 0.435. The first-order chi connectivity index (χ1) is 6.00. The summed E-state index contributed by atoms with van der Waals surface area (Å²) in [6.45, 7) is 6.01. The van der Waals surface area contributed by atoms with Crippen LogP contribution >= 0.6 is 0 Å². The number of allylic oxidation sites excluding steroid dienone is 1. The summed E-state index contributed by atoms with van der Waals surface area (Å²) in [4.78, 5) is 14.8. The highest BCUT2D eigenvalue weighted by Gasteiger charge is 2.20. The second-order valence-corrected chi connectivity index (χ2v) is 3.40. The molecule has 1 heterocycles. The fourth-order valence-electron chi connectivity index (χ4n) is 0.899. The number of aliphatic imine (C=N–C) groups is 1. The van der Waals surface area contributed by atoms with Crippen LogP contribution in [-0.4, -0.2) is 23.1 Å². The maximum absolute atomic E-state index is 11.1. The first kappa shape index (κ1) is 9.92. The van der Waals surface area contributed by atoms with Gasteiger partial charge in [0.2, 0.25) is 6.35 Å². The minimum absolute atomic E-state index is 0.304. The molecular weight excluding hydrogens is 168 g/mol. The van der Waals surface area contributed by atoms with Gasteiger partial charge in [-0.3, -0.25) is 4.79 Å². The van der Waals surface area contributed by atoms with Crippen LogP contribution in [0.4, 0.5) is 0 Å². The van der Waals surface area contributed by atoms with Crippen molar-refractivity contribution in [3.8, 4) is 0 Å². The Morgan fingerprint density at radius 3 is 2.69 bits per heavy atom. The molecule has 0 bridgehead atoms. The normalized spacial score (nSPS) is 23.5. The molecule has 72 valence electrons. The van der Waals surface area contributed by atoms with Gasteiger partial charge in [0.1, 0.15) is 5.71 Å². The molecule has 1 aliphatic heterocycles. The lowest BCUT2D eigenvalue weighted by Gasteiger charge is -2.03. The molecule has 1 amide bonds. The monoisotopic (exact) mass is 182 g/mol. The average Bonchev–Trinajstić information content (AvgIpc) is 2.30. The third kappa shape index (κ3) is 2.39. The minimum atomic E-state index is -1.07. The zero-order valence-electron chi connectivity index (χ0n) is 8.03. The number of amides is 1. The van der Waals surface area contributed by atoms with Crippen molar-refractivity contribution in [2.45, 2.75) is 27.1 Å². The molecular formula is C9H14N2O2. The quantitative estimate of drug-likeness (QED) is 0.650. The molecule has 4 nitrogen and oxygen atoms in total. The average molecular weight is 182 g/mol. The fourth-order valence-corrected chi connectivity index (χ4v) is 0.899. The van der Waals surface area contributed by atoms with E-state index in [2.05, 4.69) is 10.3 Å². The number of carbonyl (C=O) groups is 1. The van der Waals surface area contributed by atoms with Gasteiger partial charge < -0.3 is 10.4 Å². The number of nitrogens with one attached hydrogen (secondary N) is 1. The van der Waals surface area contributed by atoms with Crippen molar-refractivity contribution in [2.75, 3.05) is 0 Å². The largest absolute Gasteiger partial charge is 0.355 e. The Labute approximate surface area is 77.4 Å². The molecule has 0 radical (unpaired) electrons. The van der Waals surface area contributed by atoms with Gasteiger partial charge in [0.05, 0.1) is 0 Å². The molecule has 0 fully saturated rings. The summed E-state index contributed by atoms with van der Waals surface area (Å²) in [5.74, 6) is 0.0701. The van der Waals surface area contributed by atoms with Crippen molar-refractivity contribution in [3.05, 3.63) is 11.6 Å². The number of nitrogens with zero attached hydrogens (tertiary/aromatic N) is 1. The summed E-state index contributed by atoms with van der Waals surface area (Å²) in [5.41, 5.74) is 1.38. The zero-order valence-corrected chi connectivity index (χ0v) is 8.03. The molecule has 0 aromatic rings. The predicted molar refractivity (Wildman–Crippen MR) is 50.2 cm³/mol. The molecule has 1 aliphatic rings. The molecule has 4 heteroatoms. The van der Waals surface area contributed by atoms with Gasteiger partial charge in [-0.25, -0.2) is 4.99 Å². The van der Waals surface area contributed by atoms with Crippen LogP contribution in [0.5, 0.6) is 0 Å². The summed E-state index contributed by atoms with van der Waals surface area (Å²) in [6.07, 6.45) is 0.634. The third-order valence-electron chi connectivity index (χ3n) is 2.03. The maximum Gasteiger partial charge on any atom is 0.273 e. The number of hydrogen-bond donors (Lipinski definition) is 2. The topological polar surface area (TPSA) is 61.7 Å². The SMILES string of the molecule is C/C(=C/C1=NC(O)NC1=O)C(C)C. The van der Waals surface area contributed by atoms with E-state index < -0.39 is 6.35 Å². The highest BCUT2D eigenvalue weighted by Crippen LogP contribution is 2.09. The standard InChI is InChI=1S/C9H14N2O2/c1-5(2)6(3)4-7-8(12)11-9(13)10-7/h4-5,9,13H,1-3H3,(H,11,12)/b6-4-. The summed E-state index contributed by atoms with van der Waals surface area (Å²) < 4.78 is 0. The highest BCUT2D eigenvalue weighted by atomic mass is 16.3. The van der Waals surface area contributed by atoms with E-state index in [0.717, 1.165) is 5.57 Å². The van der Waals surface area contributed by atoms with Gasteiger partial charge in [0, 0.05) is 0 Å². The van der Waals surface area contributed by atoms with E-state index in [4.69, 9.17) is 5.11 Å². The Kier molecular flexibility index (Phi) is 2.83. The van der Waals surface area contributed by atoms with Gasteiger partial charge in [0.25, 0.3) is 5.91 Å². The molecule has 0 aromatic carbocycles. The Balaban J connectivity index is 2.79. The highest BCUT2D eigenvalue weighted by molar-refractivity contribution is 6.44. The second kappa shape index (κ2) is 3.70. The molecule has 0 spiro atoms. The summed E-state index contributed by atoms with van der Waals surface area (Å²) in [5, 5.41) is 11.3. The van der Waals surface area contributed by atoms with Crippen molar-refractivity contribution in [1.82, 2.24) is 5.32 Å². The van der Waals surface area contributed by atoms with E-state index in [9.17, 15) is 4.79 Å². The lowest BCUT2D eigenvalue weighted by Crippen LogP contribution is -2.28. The zero-order chi connectivity index (χ0) is 10.0. The van der Waals surface area contributed by atoms with E-state index in [1.807, 2.05) is 20.8 Å². The van der Waals surface area contributed by atoms with Crippen LogP contribution in [0.2, 0.25) is 0 Å². The number of hydrogen-bond acceptors (Lipinski definition) is 3. The van der Waals surface area contributed by atoms with Crippen LogP contribution in [0.15, 0.2) is 16.6 Å². The van der Waals surface area contributed by atoms with E-state index in [1.165, 1.54) is 0 Å². The van der Waals surface area contributed by atoms with Gasteiger partial charge in [-0.05, 0) is 18.9 Å². The van der Waals surface area contributed by atoms with Gasteiger partial charge in [-0.2, -0.15) is 0 Å². The van der Waals surface area contributed by atoms with E-state index in [0.29, 0.717) is 11.6 Å². The molecule has 0 saturated carbocycles. The van der Waals surface area contributed by atoms with Crippen molar-refractivity contribution >= 4 is 11.6 Å². The fraction of sp³-hybridized carbons (Fsp3) is 0.556. The first-order valence-electron chi connectivity index (χ1n) is 4.25. The molecule has 0 aromatic heterocycles. The molecule has 2 N–H and O–H groups in total. The minimum Gasteiger partial charge on any atom is -0.355 e. The number of carbonyl (C=O) groups excluding carboxylic acids is 1. The Morgan fingerprint density at radius 1 is 1.69 bits per heavy atom. The van der Waals surface area contributed by atoms with Gasteiger partial charge in [-0.15, -0.1) is 0 Å². The molecule has 1 unspecified atom stereocenters. The summed E-state index contributed by atoms with van der Waals surface area (Å²) >= 11 is 0. The second-order valence-electron chi connectivity index (χ2n) is 3.40. The molecule has 1 atom stereocenters. The molecule has 0 saturated heterocycles. The Bertz CT molecular complexity index is 279. The molecule has 13 heavy (non-hydrogen) atoms. The lowest BCUT2D eigenvalue weighted by atomic mass is 10.0. The molecule has 0 aliphatic carbocycles. The van der Waals surface area contributed by atoms with Crippen molar-refractivity contribution in [3.63, 3.8) is 0 Å². The molecule has 1 rings (SSSR count). The van der Waals surface area contributed by atoms with Crippen molar-refractivity contribution in [1.29, 1.82) is 0 Å². The Hall–Kier alpha value is -1.16. The van der Waals surface area contributed by atoms with Crippen LogP contribution in [-0.2, 0) is 4.79 Å². The number of rotatable bonds is 2. The van der Waals surface area contributed by atoms with Crippen LogP contribution in [0.3, 0.4) is 0 Å². The summed E-state index contributed by atoms with van der Waals surface area (Å²) in [6, 6.07) is 0. The maximum atomic E-state index is 11.1. The lowest BCUT2D eigenvalue weighted by molar-refractivity contribution is -0.115.